The number of rotatable bonds is 4. The van der Waals surface area contributed by atoms with Gasteiger partial charge in [0.1, 0.15) is 10.6 Å². The maximum absolute atomic E-state index is 12.4. The molecule has 5 nitrogen and oxygen atoms in total. The van der Waals surface area contributed by atoms with Crippen LogP contribution in [0.25, 0.3) is 0 Å². The summed E-state index contributed by atoms with van der Waals surface area (Å²) >= 11 is 0. The van der Waals surface area contributed by atoms with Crippen LogP contribution in [0, 0.1) is 0 Å². The number of alkyl halides is 3. The van der Waals surface area contributed by atoms with Crippen molar-refractivity contribution in [3.8, 4) is 0 Å². The molecule has 1 aromatic heterocycles. The second-order valence-electron chi connectivity index (χ2n) is 5.17. The highest BCUT2D eigenvalue weighted by molar-refractivity contribution is 7.89. The number of hydrogen-bond donors (Lipinski definition) is 2. The van der Waals surface area contributed by atoms with Gasteiger partial charge in [-0.25, -0.2) is 13.1 Å². The SMILES string of the molecule is Cl.NCC1(NS(=O)(=O)c2ccc(C(F)(F)F)nc2)CCCC1. The maximum Gasteiger partial charge on any atom is 0.433 e. The minimum absolute atomic E-state index is 0. The summed E-state index contributed by atoms with van der Waals surface area (Å²) in [6.07, 6.45) is -0.909. The number of nitrogens with zero attached hydrogens (tertiary/aromatic N) is 1. The van der Waals surface area contributed by atoms with Crippen molar-refractivity contribution in [2.45, 2.75) is 42.3 Å². The molecule has 0 saturated heterocycles. The second kappa shape index (κ2) is 6.69. The minimum Gasteiger partial charge on any atom is -0.329 e. The van der Waals surface area contributed by atoms with Crippen molar-refractivity contribution in [1.82, 2.24) is 9.71 Å². The van der Waals surface area contributed by atoms with Crippen molar-refractivity contribution in [3.63, 3.8) is 0 Å². The van der Waals surface area contributed by atoms with Crippen LogP contribution < -0.4 is 10.5 Å². The smallest absolute Gasteiger partial charge is 0.329 e. The molecule has 0 radical (unpaired) electrons. The lowest BCUT2D eigenvalue weighted by Gasteiger charge is -2.28. The van der Waals surface area contributed by atoms with E-state index in [-0.39, 0.29) is 23.8 Å². The monoisotopic (exact) mass is 359 g/mol. The molecule has 1 heterocycles. The second-order valence-corrected chi connectivity index (χ2v) is 6.86. The molecular formula is C12H17ClF3N3O2S. The number of hydrogen-bond acceptors (Lipinski definition) is 4. The van der Waals surface area contributed by atoms with E-state index in [4.69, 9.17) is 5.73 Å². The lowest BCUT2D eigenvalue weighted by atomic mass is 10.0. The average Bonchev–Trinajstić information content (AvgIpc) is 2.86. The first-order valence-corrected chi connectivity index (χ1v) is 7.94. The van der Waals surface area contributed by atoms with Crippen molar-refractivity contribution in [2.24, 2.45) is 5.73 Å². The standard InChI is InChI=1S/C12H16F3N3O2S.ClH/c13-12(14,15)10-4-3-9(7-17-10)21(19,20)18-11(8-16)5-1-2-6-11;/h3-4,7,18H,1-2,5-6,8,16H2;1H. The van der Waals surface area contributed by atoms with Crippen molar-refractivity contribution >= 4 is 22.4 Å². The number of nitrogens with two attached hydrogens (primary N) is 1. The highest BCUT2D eigenvalue weighted by Gasteiger charge is 2.37. The van der Waals surface area contributed by atoms with Crippen molar-refractivity contribution in [3.05, 3.63) is 24.0 Å². The molecule has 0 amide bonds. The lowest BCUT2D eigenvalue weighted by Crippen LogP contribution is -2.51. The molecule has 126 valence electrons. The van der Waals surface area contributed by atoms with Gasteiger partial charge in [-0.1, -0.05) is 12.8 Å². The molecule has 1 fully saturated rings. The van der Waals surface area contributed by atoms with E-state index in [1.165, 1.54) is 0 Å². The average molecular weight is 360 g/mol. The van der Waals surface area contributed by atoms with E-state index < -0.39 is 27.4 Å². The Morgan fingerprint density at radius 3 is 2.27 bits per heavy atom. The van der Waals surface area contributed by atoms with Gasteiger partial charge in [-0.05, 0) is 25.0 Å². The molecule has 1 aliphatic rings. The van der Waals surface area contributed by atoms with Gasteiger partial charge in [-0.2, -0.15) is 13.2 Å². The van der Waals surface area contributed by atoms with Gasteiger partial charge in [0.15, 0.2) is 0 Å². The molecule has 0 aromatic carbocycles. The van der Waals surface area contributed by atoms with Crippen LogP contribution in [0.5, 0.6) is 0 Å². The number of sulfonamides is 1. The third-order valence-corrected chi connectivity index (χ3v) is 5.20. The highest BCUT2D eigenvalue weighted by atomic mass is 35.5. The van der Waals surface area contributed by atoms with E-state index in [1.807, 2.05) is 0 Å². The van der Waals surface area contributed by atoms with E-state index in [9.17, 15) is 21.6 Å². The summed E-state index contributed by atoms with van der Waals surface area (Å²) in [5.74, 6) is 0. The molecule has 0 unspecified atom stereocenters. The Kier molecular flexibility index (Phi) is 5.82. The molecule has 0 bridgehead atoms. The van der Waals surface area contributed by atoms with Crippen LogP contribution in [0.4, 0.5) is 13.2 Å². The molecule has 0 atom stereocenters. The van der Waals surface area contributed by atoms with Gasteiger partial charge in [0.05, 0.1) is 0 Å². The predicted octanol–water partition coefficient (Wildman–Crippen LogP) is 2.07. The maximum atomic E-state index is 12.4. The van der Waals surface area contributed by atoms with Crippen LogP contribution in [-0.4, -0.2) is 25.5 Å². The van der Waals surface area contributed by atoms with Crippen LogP contribution in [0.3, 0.4) is 0 Å². The van der Waals surface area contributed by atoms with Crippen molar-refractivity contribution < 1.29 is 21.6 Å². The summed E-state index contributed by atoms with van der Waals surface area (Å²) in [5, 5.41) is 0. The van der Waals surface area contributed by atoms with Gasteiger partial charge >= 0.3 is 6.18 Å². The van der Waals surface area contributed by atoms with E-state index in [1.54, 1.807) is 0 Å². The molecule has 1 aromatic rings. The Morgan fingerprint density at radius 2 is 1.86 bits per heavy atom. The molecular weight excluding hydrogens is 343 g/mol. The van der Waals surface area contributed by atoms with Gasteiger partial charge in [0.25, 0.3) is 0 Å². The lowest BCUT2D eigenvalue weighted by molar-refractivity contribution is -0.141. The molecule has 1 aliphatic carbocycles. The molecule has 1 saturated carbocycles. The summed E-state index contributed by atoms with van der Waals surface area (Å²) in [5.41, 5.74) is 3.81. The zero-order valence-corrected chi connectivity index (χ0v) is 13.2. The summed E-state index contributed by atoms with van der Waals surface area (Å²) in [4.78, 5) is 2.87. The van der Waals surface area contributed by atoms with E-state index in [2.05, 4.69) is 9.71 Å². The number of nitrogens with one attached hydrogen (secondary N) is 1. The van der Waals surface area contributed by atoms with Gasteiger partial charge in [0, 0.05) is 18.3 Å². The Balaban J connectivity index is 0.00000242. The highest BCUT2D eigenvalue weighted by Crippen LogP contribution is 2.31. The quantitative estimate of drug-likeness (QED) is 0.861. The topological polar surface area (TPSA) is 85.1 Å². The first-order valence-electron chi connectivity index (χ1n) is 6.46. The Bertz CT molecular complexity index is 599. The summed E-state index contributed by atoms with van der Waals surface area (Å²) < 4.78 is 64.2. The molecule has 10 heteroatoms. The molecule has 22 heavy (non-hydrogen) atoms. The molecule has 0 spiro atoms. The number of pyridine rings is 1. The Morgan fingerprint density at radius 1 is 1.27 bits per heavy atom. The van der Waals surface area contributed by atoms with E-state index in [0.717, 1.165) is 18.9 Å². The first kappa shape index (κ1) is 19.1. The summed E-state index contributed by atoms with van der Waals surface area (Å²) in [6, 6.07) is 1.55. The third kappa shape index (κ3) is 4.09. The first-order chi connectivity index (χ1) is 9.69. The predicted molar refractivity (Wildman–Crippen MR) is 77.1 cm³/mol. The third-order valence-electron chi connectivity index (χ3n) is 3.64. The molecule has 3 N–H and O–H groups in total. The van der Waals surface area contributed by atoms with E-state index in [0.29, 0.717) is 25.1 Å². The van der Waals surface area contributed by atoms with Gasteiger partial charge in [-0.15, -0.1) is 12.4 Å². The van der Waals surface area contributed by atoms with Crippen LogP contribution in [-0.2, 0) is 16.2 Å². The zero-order valence-electron chi connectivity index (χ0n) is 11.6. The Labute approximate surface area is 133 Å². The summed E-state index contributed by atoms with van der Waals surface area (Å²) in [7, 11) is -3.94. The van der Waals surface area contributed by atoms with Gasteiger partial charge in [0.2, 0.25) is 10.0 Å². The number of halogens is 4. The van der Waals surface area contributed by atoms with Crippen LogP contribution in [0.1, 0.15) is 31.4 Å². The largest absolute Gasteiger partial charge is 0.433 e. The summed E-state index contributed by atoms with van der Waals surface area (Å²) in [6.45, 7) is 0.153. The number of aromatic nitrogens is 1. The fourth-order valence-electron chi connectivity index (χ4n) is 2.45. The van der Waals surface area contributed by atoms with Gasteiger partial charge < -0.3 is 5.73 Å². The van der Waals surface area contributed by atoms with Crippen LogP contribution in [0.15, 0.2) is 23.2 Å². The van der Waals surface area contributed by atoms with Crippen LogP contribution in [0.2, 0.25) is 0 Å². The molecule has 2 rings (SSSR count). The zero-order chi connectivity index (χ0) is 15.7. The molecule has 0 aliphatic heterocycles. The fourth-order valence-corrected chi connectivity index (χ4v) is 3.86. The van der Waals surface area contributed by atoms with Gasteiger partial charge in [-0.3, -0.25) is 4.98 Å². The fraction of sp³-hybridized carbons (Fsp3) is 0.583. The minimum atomic E-state index is -4.60. The van der Waals surface area contributed by atoms with E-state index >= 15 is 0 Å². The van der Waals surface area contributed by atoms with Crippen molar-refractivity contribution in [1.29, 1.82) is 0 Å². The normalized spacial score (nSPS) is 18.0. The Hall–Kier alpha value is -0.900. The van der Waals surface area contributed by atoms with Crippen LogP contribution >= 0.6 is 12.4 Å². The van der Waals surface area contributed by atoms with Crippen molar-refractivity contribution in [2.75, 3.05) is 6.54 Å².